The van der Waals surface area contributed by atoms with Crippen molar-refractivity contribution < 1.29 is 24.2 Å². The Labute approximate surface area is 125 Å². The minimum Gasteiger partial charge on any atom is -0.480 e. The zero-order valence-corrected chi connectivity index (χ0v) is 12.8. The molecule has 0 heterocycles. The van der Waals surface area contributed by atoms with Gasteiger partial charge in [-0.1, -0.05) is 13.3 Å². The number of nitrogens with one attached hydrogen (secondary N) is 1. The van der Waals surface area contributed by atoms with E-state index in [9.17, 15) is 19.5 Å². The molecule has 1 saturated carbocycles. The van der Waals surface area contributed by atoms with Crippen LogP contribution >= 0.6 is 0 Å². The summed E-state index contributed by atoms with van der Waals surface area (Å²) in [5, 5.41) is 12.1. The Morgan fingerprint density at radius 3 is 2.29 bits per heavy atom. The summed E-state index contributed by atoms with van der Waals surface area (Å²) in [6.07, 6.45) is 3.49. The van der Waals surface area contributed by atoms with Gasteiger partial charge >= 0.3 is 11.9 Å². The Hall–Kier alpha value is -1.59. The fraction of sp³-hybridized carbons (Fsp3) is 0.800. The summed E-state index contributed by atoms with van der Waals surface area (Å²) in [7, 11) is 0. The van der Waals surface area contributed by atoms with E-state index < -0.39 is 23.4 Å². The third kappa shape index (κ3) is 5.02. The van der Waals surface area contributed by atoms with Crippen LogP contribution in [-0.2, 0) is 19.1 Å². The molecule has 6 heteroatoms. The van der Waals surface area contributed by atoms with Crippen LogP contribution < -0.4 is 5.32 Å². The Morgan fingerprint density at radius 2 is 1.81 bits per heavy atom. The fourth-order valence-electron chi connectivity index (χ4n) is 2.75. The van der Waals surface area contributed by atoms with E-state index in [1.807, 2.05) is 0 Å². The van der Waals surface area contributed by atoms with Crippen LogP contribution in [-0.4, -0.2) is 35.1 Å². The molecule has 1 aliphatic rings. The van der Waals surface area contributed by atoms with E-state index in [2.05, 4.69) is 12.2 Å². The van der Waals surface area contributed by atoms with E-state index in [1.165, 1.54) is 0 Å². The lowest BCUT2D eigenvalue weighted by atomic mass is 9.75. The molecular weight excluding hydrogens is 274 g/mol. The third-order valence-corrected chi connectivity index (χ3v) is 4.19. The van der Waals surface area contributed by atoms with Gasteiger partial charge < -0.3 is 15.2 Å². The maximum absolute atomic E-state index is 11.9. The first-order valence-electron chi connectivity index (χ1n) is 7.63. The first-order valence-corrected chi connectivity index (χ1v) is 7.63. The highest BCUT2D eigenvalue weighted by Crippen LogP contribution is 2.34. The predicted molar refractivity (Wildman–Crippen MR) is 76.6 cm³/mol. The van der Waals surface area contributed by atoms with Gasteiger partial charge in [-0.25, -0.2) is 4.79 Å². The van der Waals surface area contributed by atoms with Crippen LogP contribution in [0.3, 0.4) is 0 Å². The molecule has 0 aromatic heterocycles. The summed E-state index contributed by atoms with van der Waals surface area (Å²) in [5.74, 6) is -1.29. The van der Waals surface area contributed by atoms with Gasteiger partial charge in [0.2, 0.25) is 5.91 Å². The van der Waals surface area contributed by atoms with E-state index >= 15 is 0 Å². The molecule has 2 N–H and O–H groups in total. The van der Waals surface area contributed by atoms with Crippen molar-refractivity contribution in [3.05, 3.63) is 0 Å². The Morgan fingerprint density at radius 1 is 1.19 bits per heavy atom. The van der Waals surface area contributed by atoms with Gasteiger partial charge in [-0.15, -0.1) is 0 Å². The maximum atomic E-state index is 11.9. The van der Waals surface area contributed by atoms with Crippen LogP contribution in [0.25, 0.3) is 0 Å². The maximum Gasteiger partial charge on any atom is 0.329 e. The van der Waals surface area contributed by atoms with E-state index in [-0.39, 0.29) is 19.4 Å². The van der Waals surface area contributed by atoms with Crippen molar-refractivity contribution in [3.63, 3.8) is 0 Å². The molecule has 1 aliphatic carbocycles. The topological polar surface area (TPSA) is 92.7 Å². The Kier molecular flexibility index (Phi) is 6.65. The molecule has 1 fully saturated rings. The van der Waals surface area contributed by atoms with Crippen LogP contribution in [0.15, 0.2) is 0 Å². The van der Waals surface area contributed by atoms with E-state index in [0.29, 0.717) is 18.8 Å². The molecule has 0 aromatic carbocycles. The summed E-state index contributed by atoms with van der Waals surface area (Å²) in [5.41, 5.74) is -1.17. The lowest BCUT2D eigenvalue weighted by molar-refractivity contribution is -0.150. The van der Waals surface area contributed by atoms with Gasteiger partial charge in [0.05, 0.1) is 13.0 Å². The zero-order valence-electron chi connectivity index (χ0n) is 12.8. The molecule has 21 heavy (non-hydrogen) atoms. The van der Waals surface area contributed by atoms with Gasteiger partial charge in [-0.3, -0.25) is 9.59 Å². The average Bonchev–Trinajstić information content (AvgIpc) is 2.46. The molecule has 120 valence electrons. The molecule has 0 aromatic rings. The number of carboxylic acids is 1. The molecule has 0 spiro atoms. The molecule has 0 saturated heterocycles. The number of esters is 1. The number of hydrogen-bond acceptors (Lipinski definition) is 4. The molecule has 0 bridgehead atoms. The van der Waals surface area contributed by atoms with Crippen molar-refractivity contribution in [2.75, 3.05) is 6.61 Å². The molecule has 1 amide bonds. The number of carbonyl (C=O) groups excluding carboxylic acids is 2. The number of carboxylic acid groups (broad SMARTS) is 1. The van der Waals surface area contributed by atoms with Crippen molar-refractivity contribution in [2.24, 2.45) is 5.92 Å². The highest BCUT2D eigenvalue weighted by atomic mass is 16.5. The fourth-order valence-corrected chi connectivity index (χ4v) is 2.75. The SMILES string of the molecule is CCOC(=O)CCC(=O)NC1(C(=O)O)CCC(CC)CC1. The first-order chi connectivity index (χ1) is 9.93. The van der Waals surface area contributed by atoms with Crippen LogP contribution in [0, 0.1) is 5.92 Å². The molecular formula is C15H25NO5. The predicted octanol–water partition coefficient (Wildman–Crippen LogP) is 1.87. The largest absolute Gasteiger partial charge is 0.480 e. The molecule has 6 nitrogen and oxygen atoms in total. The highest BCUT2D eigenvalue weighted by molar-refractivity contribution is 5.88. The van der Waals surface area contributed by atoms with Gasteiger partial charge in [0, 0.05) is 6.42 Å². The van der Waals surface area contributed by atoms with Crippen molar-refractivity contribution in [3.8, 4) is 0 Å². The molecule has 0 unspecified atom stereocenters. The van der Waals surface area contributed by atoms with Crippen LogP contribution in [0.2, 0.25) is 0 Å². The minimum absolute atomic E-state index is 0.0209. The first kappa shape index (κ1) is 17.5. The minimum atomic E-state index is -1.17. The molecule has 0 aliphatic heterocycles. The molecule has 1 rings (SSSR count). The summed E-state index contributed by atoms with van der Waals surface area (Å²) in [6, 6.07) is 0. The number of ether oxygens (including phenoxy) is 1. The van der Waals surface area contributed by atoms with Gasteiger partial charge in [-0.05, 0) is 38.5 Å². The van der Waals surface area contributed by atoms with Crippen LogP contribution in [0.5, 0.6) is 0 Å². The van der Waals surface area contributed by atoms with E-state index in [1.54, 1.807) is 6.92 Å². The summed E-state index contributed by atoms with van der Waals surface area (Å²) >= 11 is 0. The van der Waals surface area contributed by atoms with Crippen molar-refractivity contribution >= 4 is 17.8 Å². The van der Waals surface area contributed by atoms with Gasteiger partial charge in [-0.2, -0.15) is 0 Å². The van der Waals surface area contributed by atoms with Gasteiger partial charge in [0.25, 0.3) is 0 Å². The van der Waals surface area contributed by atoms with Crippen molar-refractivity contribution in [1.29, 1.82) is 0 Å². The number of hydrogen-bond donors (Lipinski definition) is 2. The number of rotatable bonds is 7. The lowest BCUT2D eigenvalue weighted by Gasteiger charge is -2.37. The third-order valence-electron chi connectivity index (χ3n) is 4.19. The Balaban J connectivity index is 2.53. The Bertz CT molecular complexity index is 386. The highest BCUT2D eigenvalue weighted by Gasteiger charge is 2.42. The second kappa shape index (κ2) is 8.00. The second-order valence-corrected chi connectivity index (χ2v) is 5.59. The van der Waals surface area contributed by atoms with Crippen LogP contribution in [0.4, 0.5) is 0 Å². The van der Waals surface area contributed by atoms with Crippen molar-refractivity contribution in [2.45, 2.75) is 64.3 Å². The normalized spacial score (nSPS) is 25.1. The van der Waals surface area contributed by atoms with E-state index in [4.69, 9.17) is 4.74 Å². The molecule has 0 atom stereocenters. The lowest BCUT2D eigenvalue weighted by Crippen LogP contribution is -2.56. The number of carbonyl (C=O) groups is 3. The van der Waals surface area contributed by atoms with Gasteiger partial charge in [0.15, 0.2) is 0 Å². The van der Waals surface area contributed by atoms with Gasteiger partial charge in [0.1, 0.15) is 5.54 Å². The van der Waals surface area contributed by atoms with E-state index in [0.717, 1.165) is 19.3 Å². The van der Waals surface area contributed by atoms with Crippen molar-refractivity contribution in [1.82, 2.24) is 5.32 Å². The standard InChI is InChI=1S/C15H25NO5/c1-3-11-7-9-15(10-8-11,14(19)20)16-12(17)5-6-13(18)21-4-2/h11H,3-10H2,1-2H3,(H,16,17)(H,19,20). The summed E-state index contributed by atoms with van der Waals surface area (Å²) < 4.78 is 4.75. The second-order valence-electron chi connectivity index (χ2n) is 5.59. The quantitative estimate of drug-likeness (QED) is 0.700. The monoisotopic (exact) mass is 299 g/mol. The zero-order chi connectivity index (χ0) is 15.9. The summed E-state index contributed by atoms with van der Waals surface area (Å²) in [6.45, 7) is 4.07. The smallest absolute Gasteiger partial charge is 0.329 e. The number of aliphatic carboxylic acids is 1. The number of amides is 1. The summed E-state index contributed by atoms with van der Waals surface area (Å²) in [4.78, 5) is 34.7. The average molecular weight is 299 g/mol. The molecule has 0 radical (unpaired) electrons. The van der Waals surface area contributed by atoms with Crippen LogP contribution in [0.1, 0.15) is 58.8 Å².